The molecule has 1 saturated carbocycles. The molecule has 1 aromatic carbocycles. The van der Waals surface area contributed by atoms with E-state index in [0.29, 0.717) is 12.5 Å². The van der Waals surface area contributed by atoms with Gasteiger partial charge in [0, 0.05) is 18.0 Å². The summed E-state index contributed by atoms with van der Waals surface area (Å²) in [5.41, 5.74) is 3.81. The van der Waals surface area contributed by atoms with Gasteiger partial charge in [0.15, 0.2) is 0 Å². The van der Waals surface area contributed by atoms with Crippen molar-refractivity contribution in [2.75, 3.05) is 18.5 Å². The van der Waals surface area contributed by atoms with Crippen molar-refractivity contribution in [3.05, 3.63) is 35.5 Å². The van der Waals surface area contributed by atoms with Gasteiger partial charge in [-0.1, -0.05) is 31.4 Å². The second kappa shape index (κ2) is 6.26. The molecule has 1 N–H and O–H groups in total. The lowest BCUT2D eigenvalue weighted by Crippen LogP contribution is -2.10. The van der Waals surface area contributed by atoms with Crippen molar-refractivity contribution in [2.24, 2.45) is 0 Å². The maximum atomic E-state index is 5.82. The largest absolute Gasteiger partial charge is 0.492 e. The Morgan fingerprint density at radius 1 is 1.22 bits per heavy atom. The van der Waals surface area contributed by atoms with E-state index in [4.69, 9.17) is 9.84 Å². The first kappa shape index (κ1) is 14.6. The van der Waals surface area contributed by atoms with E-state index >= 15 is 0 Å². The zero-order chi connectivity index (χ0) is 15.6. The van der Waals surface area contributed by atoms with Crippen LogP contribution in [0, 0.1) is 0 Å². The number of ether oxygens (including phenoxy) is 1. The summed E-state index contributed by atoms with van der Waals surface area (Å²) in [5, 5.41) is 8.58. The zero-order valence-corrected chi connectivity index (χ0v) is 13.8. The molecule has 1 aliphatic heterocycles. The number of hydrogen-bond acceptors (Lipinski definition) is 3. The molecule has 2 aliphatic rings. The van der Waals surface area contributed by atoms with E-state index in [0.717, 1.165) is 24.4 Å². The molecule has 1 fully saturated rings. The number of benzene rings is 1. The van der Waals surface area contributed by atoms with Gasteiger partial charge in [0.05, 0.1) is 12.3 Å². The lowest BCUT2D eigenvalue weighted by atomic mass is 9.85. The van der Waals surface area contributed by atoms with Crippen LogP contribution in [0.1, 0.15) is 56.2 Å². The summed E-state index contributed by atoms with van der Waals surface area (Å²) in [6, 6.07) is 8.21. The van der Waals surface area contributed by atoms with E-state index in [2.05, 4.69) is 22.1 Å². The van der Waals surface area contributed by atoms with Gasteiger partial charge >= 0.3 is 0 Å². The van der Waals surface area contributed by atoms with Crippen LogP contribution in [0.3, 0.4) is 0 Å². The molecule has 4 nitrogen and oxygen atoms in total. The fraction of sp³-hybridized carbons (Fsp3) is 0.526. The zero-order valence-electron chi connectivity index (χ0n) is 13.8. The van der Waals surface area contributed by atoms with Gasteiger partial charge in [0.25, 0.3) is 0 Å². The van der Waals surface area contributed by atoms with Crippen LogP contribution in [0.25, 0.3) is 5.69 Å². The number of fused-ring (bicyclic) bond motifs is 1. The maximum Gasteiger partial charge on any atom is 0.145 e. The molecule has 0 amide bonds. The number of hydrogen-bond donors (Lipinski definition) is 1. The Balaban J connectivity index is 1.78. The van der Waals surface area contributed by atoms with E-state index in [1.54, 1.807) is 0 Å². The van der Waals surface area contributed by atoms with Crippen molar-refractivity contribution in [1.29, 1.82) is 0 Å². The molecule has 122 valence electrons. The molecule has 0 atom stereocenters. The molecule has 2 heterocycles. The molecular formula is C19H25N3O. The second-order valence-corrected chi connectivity index (χ2v) is 6.54. The molecule has 1 aromatic heterocycles. The monoisotopic (exact) mass is 311 g/mol. The van der Waals surface area contributed by atoms with Crippen LogP contribution >= 0.6 is 0 Å². The Morgan fingerprint density at radius 2 is 2.04 bits per heavy atom. The van der Waals surface area contributed by atoms with Gasteiger partial charge in [-0.15, -0.1) is 0 Å². The number of rotatable bonds is 4. The minimum atomic E-state index is 0.637. The number of nitrogens with zero attached hydrogens (tertiary/aromatic N) is 2. The van der Waals surface area contributed by atoms with Gasteiger partial charge < -0.3 is 10.1 Å². The Hall–Kier alpha value is -1.97. The van der Waals surface area contributed by atoms with Crippen LogP contribution in [0.4, 0.5) is 5.82 Å². The standard InChI is InChI=1S/C19H25N3O/c1-2-23-17-11-7-6-10-16(17)22-19-15(12-13-20-19)18(21-22)14-8-4-3-5-9-14/h6-7,10-11,14,20H,2-5,8-9,12-13H2,1H3. The van der Waals surface area contributed by atoms with E-state index in [1.807, 2.05) is 19.1 Å². The molecular weight excluding hydrogens is 286 g/mol. The maximum absolute atomic E-state index is 5.82. The highest BCUT2D eigenvalue weighted by Gasteiger charge is 2.29. The molecule has 4 heteroatoms. The van der Waals surface area contributed by atoms with Gasteiger partial charge in [-0.25, -0.2) is 4.68 Å². The van der Waals surface area contributed by atoms with E-state index in [1.165, 1.54) is 49.2 Å². The van der Waals surface area contributed by atoms with Gasteiger partial charge in [-0.05, 0) is 38.3 Å². The van der Waals surface area contributed by atoms with Crippen molar-refractivity contribution in [1.82, 2.24) is 9.78 Å². The summed E-state index contributed by atoms with van der Waals surface area (Å²) in [7, 11) is 0. The first-order valence-electron chi connectivity index (χ1n) is 8.96. The van der Waals surface area contributed by atoms with E-state index in [9.17, 15) is 0 Å². The smallest absolute Gasteiger partial charge is 0.145 e. The summed E-state index contributed by atoms with van der Waals surface area (Å²) in [5.74, 6) is 2.72. The summed E-state index contributed by atoms with van der Waals surface area (Å²) < 4.78 is 7.90. The van der Waals surface area contributed by atoms with Crippen LogP contribution in [0.2, 0.25) is 0 Å². The highest BCUT2D eigenvalue weighted by atomic mass is 16.5. The fourth-order valence-electron chi connectivity index (χ4n) is 3.99. The number of nitrogens with one attached hydrogen (secondary N) is 1. The third kappa shape index (κ3) is 2.60. The Morgan fingerprint density at radius 3 is 2.87 bits per heavy atom. The average molecular weight is 311 g/mol. The van der Waals surface area contributed by atoms with Crippen LogP contribution in [0.5, 0.6) is 5.75 Å². The quantitative estimate of drug-likeness (QED) is 0.915. The van der Waals surface area contributed by atoms with Crippen molar-refractivity contribution in [3.8, 4) is 11.4 Å². The minimum absolute atomic E-state index is 0.637. The fourth-order valence-corrected chi connectivity index (χ4v) is 3.99. The van der Waals surface area contributed by atoms with Gasteiger partial charge in [0.2, 0.25) is 0 Å². The molecule has 2 aromatic rings. The van der Waals surface area contributed by atoms with Crippen molar-refractivity contribution >= 4 is 5.82 Å². The molecule has 0 bridgehead atoms. The van der Waals surface area contributed by atoms with Gasteiger partial charge in [0.1, 0.15) is 17.3 Å². The van der Waals surface area contributed by atoms with Crippen LogP contribution in [0.15, 0.2) is 24.3 Å². The van der Waals surface area contributed by atoms with Crippen molar-refractivity contribution in [2.45, 2.75) is 51.4 Å². The first-order valence-corrected chi connectivity index (χ1v) is 8.96. The van der Waals surface area contributed by atoms with E-state index in [-0.39, 0.29) is 0 Å². The summed E-state index contributed by atoms with van der Waals surface area (Å²) in [6.45, 7) is 3.71. The Bertz CT molecular complexity index is 686. The predicted octanol–water partition coefficient (Wildman–Crippen LogP) is 4.29. The van der Waals surface area contributed by atoms with Gasteiger partial charge in [-0.3, -0.25) is 0 Å². The molecule has 0 saturated heterocycles. The Labute approximate surface area is 137 Å². The van der Waals surface area contributed by atoms with E-state index < -0.39 is 0 Å². The highest BCUT2D eigenvalue weighted by molar-refractivity contribution is 5.60. The third-order valence-electron chi connectivity index (χ3n) is 5.07. The summed E-state index contributed by atoms with van der Waals surface area (Å²) in [6.07, 6.45) is 7.74. The molecule has 0 radical (unpaired) electrons. The normalized spacial score (nSPS) is 17.8. The molecule has 4 rings (SSSR count). The predicted molar refractivity (Wildman–Crippen MR) is 92.8 cm³/mol. The second-order valence-electron chi connectivity index (χ2n) is 6.54. The highest BCUT2D eigenvalue weighted by Crippen LogP contribution is 2.40. The average Bonchev–Trinajstić information content (AvgIpc) is 3.19. The SMILES string of the molecule is CCOc1ccccc1-n1nc(C2CCCCC2)c2c1NCC2. The van der Waals surface area contributed by atoms with Gasteiger partial charge in [-0.2, -0.15) is 5.10 Å². The Kier molecular flexibility index (Phi) is 3.98. The van der Waals surface area contributed by atoms with Crippen molar-refractivity contribution in [3.63, 3.8) is 0 Å². The molecule has 23 heavy (non-hydrogen) atoms. The van der Waals surface area contributed by atoms with Crippen molar-refractivity contribution < 1.29 is 4.74 Å². The number of aromatic nitrogens is 2. The number of para-hydroxylation sites is 2. The summed E-state index contributed by atoms with van der Waals surface area (Å²) in [4.78, 5) is 0. The minimum Gasteiger partial charge on any atom is -0.492 e. The lowest BCUT2D eigenvalue weighted by Gasteiger charge is -2.20. The summed E-state index contributed by atoms with van der Waals surface area (Å²) >= 11 is 0. The third-order valence-corrected chi connectivity index (χ3v) is 5.07. The lowest BCUT2D eigenvalue weighted by molar-refractivity contribution is 0.338. The van der Waals surface area contributed by atoms with Crippen LogP contribution < -0.4 is 10.1 Å². The molecule has 1 aliphatic carbocycles. The first-order chi connectivity index (χ1) is 11.4. The molecule has 0 spiro atoms. The number of anilines is 1. The topological polar surface area (TPSA) is 39.1 Å². The van der Waals surface area contributed by atoms with Crippen LogP contribution in [-0.2, 0) is 6.42 Å². The molecule has 0 unspecified atom stereocenters. The van der Waals surface area contributed by atoms with Crippen LogP contribution in [-0.4, -0.2) is 22.9 Å².